The van der Waals surface area contributed by atoms with Gasteiger partial charge in [-0.2, -0.15) is 0 Å². The molecule has 3 N–H and O–H groups in total. The highest BCUT2D eigenvalue weighted by atomic mass is 32.1. The fraction of sp³-hybridized carbons (Fsp3) is 0.250. The highest BCUT2D eigenvalue weighted by molar-refractivity contribution is 7.13. The lowest BCUT2D eigenvalue weighted by Crippen LogP contribution is -2.38. The summed E-state index contributed by atoms with van der Waals surface area (Å²) in [6, 6.07) is 9.47. The maximum Gasteiger partial charge on any atom is 0.275 e. The number of hydrogen-bond acceptors (Lipinski definition) is 6. The summed E-state index contributed by atoms with van der Waals surface area (Å²) in [4.78, 5) is 30.7. The van der Waals surface area contributed by atoms with E-state index in [1.165, 1.54) is 11.3 Å². The van der Waals surface area contributed by atoms with Crippen LogP contribution in [0.5, 0.6) is 0 Å². The van der Waals surface area contributed by atoms with E-state index in [0.717, 1.165) is 47.9 Å². The van der Waals surface area contributed by atoms with Gasteiger partial charge in [0, 0.05) is 30.0 Å². The largest absolute Gasteiger partial charge is 0.472 e. The summed E-state index contributed by atoms with van der Waals surface area (Å²) < 4.78 is 5.07. The zero-order valence-electron chi connectivity index (χ0n) is 15.1. The predicted molar refractivity (Wildman–Crippen MR) is 108 cm³/mol. The van der Waals surface area contributed by atoms with Gasteiger partial charge in [-0.1, -0.05) is 12.1 Å². The number of nitrogens with zero attached hydrogens (tertiary/aromatic N) is 2. The Hall–Kier alpha value is -3.13. The lowest BCUT2D eigenvalue weighted by Gasteiger charge is -2.33. The Balaban J connectivity index is 1.48. The van der Waals surface area contributed by atoms with Crippen LogP contribution in [0, 0.1) is 5.92 Å². The first-order valence-corrected chi connectivity index (χ1v) is 9.92. The lowest BCUT2D eigenvalue weighted by molar-refractivity contribution is -0.122. The van der Waals surface area contributed by atoms with Gasteiger partial charge in [0.1, 0.15) is 17.0 Å². The number of thiazole rings is 1. The van der Waals surface area contributed by atoms with Crippen molar-refractivity contribution < 1.29 is 14.0 Å². The van der Waals surface area contributed by atoms with Crippen LogP contribution < -0.4 is 16.0 Å². The number of piperidine rings is 1. The van der Waals surface area contributed by atoms with Crippen LogP contribution in [-0.4, -0.2) is 29.9 Å². The molecule has 0 bridgehead atoms. The average molecular weight is 396 g/mol. The SMILES string of the molecule is NC(=O)C1CCN(c2ccccc2NC(=O)c2csc(-c3ccoc3)n2)CC1. The molecule has 0 saturated carbocycles. The van der Waals surface area contributed by atoms with Crippen LogP contribution >= 0.6 is 11.3 Å². The summed E-state index contributed by atoms with van der Waals surface area (Å²) in [5.41, 5.74) is 8.29. The highest BCUT2D eigenvalue weighted by Gasteiger charge is 2.25. The Bertz CT molecular complexity index is 975. The molecule has 1 aromatic carbocycles. The average Bonchev–Trinajstić information content (AvgIpc) is 3.40. The first-order chi connectivity index (χ1) is 13.6. The van der Waals surface area contributed by atoms with Gasteiger partial charge in [-0.3, -0.25) is 9.59 Å². The second-order valence-corrected chi connectivity index (χ2v) is 7.54. The fourth-order valence-electron chi connectivity index (χ4n) is 3.34. The minimum absolute atomic E-state index is 0.0747. The molecule has 0 aliphatic carbocycles. The number of carbonyl (C=O) groups excluding carboxylic acids is 2. The number of para-hydroxylation sites is 2. The molecule has 28 heavy (non-hydrogen) atoms. The molecule has 1 fully saturated rings. The van der Waals surface area contributed by atoms with Gasteiger partial charge >= 0.3 is 0 Å². The predicted octanol–water partition coefficient (Wildman–Crippen LogP) is 3.36. The van der Waals surface area contributed by atoms with E-state index in [-0.39, 0.29) is 17.7 Å². The quantitative estimate of drug-likeness (QED) is 0.689. The Morgan fingerprint density at radius 2 is 2.00 bits per heavy atom. The topological polar surface area (TPSA) is 101 Å². The zero-order valence-corrected chi connectivity index (χ0v) is 15.9. The molecule has 0 unspecified atom stereocenters. The van der Waals surface area contributed by atoms with Crippen LogP contribution in [0.15, 0.2) is 52.7 Å². The molecule has 1 saturated heterocycles. The van der Waals surface area contributed by atoms with Gasteiger partial charge in [0.05, 0.1) is 17.6 Å². The van der Waals surface area contributed by atoms with E-state index >= 15 is 0 Å². The summed E-state index contributed by atoms with van der Waals surface area (Å²) in [6.07, 6.45) is 4.62. The van der Waals surface area contributed by atoms with Crippen LogP contribution in [-0.2, 0) is 4.79 Å². The lowest BCUT2D eigenvalue weighted by atomic mass is 9.96. The summed E-state index contributed by atoms with van der Waals surface area (Å²) in [5.74, 6) is -0.571. The highest BCUT2D eigenvalue weighted by Crippen LogP contribution is 2.30. The number of carbonyl (C=O) groups is 2. The number of benzene rings is 1. The molecule has 2 aromatic heterocycles. The molecule has 3 heterocycles. The normalized spacial score (nSPS) is 14.8. The van der Waals surface area contributed by atoms with Gasteiger partial charge in [0.25, 0.3) is 5.91 Å². The molecular formula is C20H20N4O3S. The molecule has 1 aliphatic heterocycles. The van der Waals surface area contributed by atoms with Crippen molar-refractivity contribution >= 4 is 34.5 Å². The van der Waals surface area contributed by atoms with Crippen molar-refractivity contribution in [3.63, 3.8) is 0 Å². The number of amides is 2. The van der Waals surface area contributed by atoms with Crippen LogP contribution in [0.4, 0.5) is 11.4 Å². The number of nitrogens with two attached hydrogens (primary N) is 1. The Kier molecular flexibility index (Phi) is 5.12. The standard InChI is InChI=1S/C20H20N4O3S/c21-18(25)13-5-8-24(9-6-13)17-4-2-1-3-15(17)22-19(26)16-12-28-20(23-16)14-7-10-27-11-14/h1-4,7,10-13H,5-6,8-9H2,(H2,21,25)(H,22,26). The number of anilines is 2. The number of rotatable bonds is 5. The zero-order chi connectivity index (χ0) is 19.5. The van der Waals surface area contributed by atoms with Gasteiger partial charge in [-0.05, 0) is 31.0 Å². The maximum absolute atomic E-state index is 12.7. The third-order valence-corrected chi connectivity index (χ3v) is 5.79. The third-order valence-electron chi connectivity index (χ3n) is 4.90. The monoisotopic (exact) mass is 396 g/mol. The number of primary amides is 1. The van der Waals surface area contributed by atoms with Gasteiger partial charge in [0.2, 0.25) is 5.91 Å². The van der Waals surface area contributed by atoms with Crippen molar-refractivity contribution in [2.75, 3.05) is 23.3 Å². The number of furan rings is 1. The summed E-state index contributed by atoms with van der Waals surface area (Å²) in [5, 5.41) is 5.44. The van der Waals surface area contributed by atoms with E-state index in [4.69, 9.17) is 10.2 Å². The van der Waals surface area contributed by atoms with Gasteiger partial charge in [0.15, 0.2) is 0 Å². The Morgan fingerprint density at radius 1 is 1.21 bits per heavy atom. The minimum Gasteiger partial charge on any atom is -0.472 e. The Morgan fingerprint density at radius 3 is 2.71 bits per heavy atom. The summed E-state index contributed by atoms with van der Waals surface area (Å²) in [6.45, 7) is 1.45. The van der Waals surface area contributed by atoms with Gasteiger partial charge in [-0.25, -0.2) is 4.98 Å². The molecule has 0 radical (unpaired) electrons. The molecule has 0 atom stereocenters. The Labute approximate surface area is 166 Å². The second kappa shape index (κ2) is 7.85. The maximum atomic E-state index is 12.7. The van der Waals surface area contributed by atoms with E-state index in [0.29, 0.717) is 5.69 Å². The molecule has 8 heteroatoms. The van der Waals surface area contributed by atoms with Crippen LogP contribution in [0.25, 0.3) is 10.6 Å². The summed E-state index contributed by atoms with van der Waals surface area (Å²) in [7, 11) is 0. The van der Waals surface area contributed by atoms with Crippen LogP contribution in [0.3, 0.4) is 0 Å². The summed E-state index contributed by atoms with van der Waals surface area (Å²) >= 11 is 1.40. The van der Waals surface area contributed by atoms with Crippen molar-refractivity contribution in [1.29, 1.82) is 0 Å². The van der Waals surface area contributed by atoms with E-state index in [1.807, 2.05) is 30.3 Å². The van der Waals surface area contributed by atoms with Crippen molar-refractivity contribution in [3.05, 3.63) is 53.9 Å². The second-order valence-electron chi connectivity index (χ2n) is 6.68. The molecule has 2 amide bonds. The molecule has 7 nitrogen and oxygen atoms in total. The number of nitrogens with one attached hydrogen (secondary N) is 1. The van der Waals surface area contributed by atoms with Gasteiger partial charge < -0.3 is 20.4 Å². The first-order valence-electron chi connectivity index (χ1n) is 9.04. The van der Waals surface area contributed by atoms with Gasteiger partial charge in [-0.15, -0.1) is 11.3 Å². The van der Waals surface area contributed by atoms with Crippen molar-refractivity contribution in [3.8, 4) is 10.6 Å². The molecule has 3 aromatic rings. The smallest absolute Gasteiger partial charge is 0.275 e. The number of hydrogen-bond donors (Lipinski definition) is 2. The van der Waals surface area contributed by atoms with Crippen LogP contribution in [0.2, 0.25) is 0 Å². The van der Waals surface area contributed by atoms with Crippen molar-refractivity contribution in [2.45, 2.75) is 12.8 Å². The van der Waals surface area contributed by atoms with Crippen LogP contribution in [0.1, 0.15) is 23.3 Å². The van der Waals surface area contributed by atoms with Crippen molar-refractivity contribution in [1.82, 2.24) is 4.98 Å². The fourth-order valence-corrected chi connectivity index (χ4v) is 4.13. The van der Waals surface area contributed by atoms with E-state index in [1.54, 1.807) is 17.9 Å². The molecule has 1 aliphatic rings. The molecule has 4 rings (SSSR count). The molecular weight excluding hydrogens is 376 g/mol. The minimum atomic E-state index is -0.259. The van der Waals surface area contributed by atoms with E-state index in [2.05, 4.69) is 15.2 Å². The van der Waals surface area contributed by atoms with E-state index in [9.17, 15) is 9.59 Å². The van der Waals surface area contributed by atoms with E-state index < -0.39 is 0 Å². The molecule has 144 valence electrons. The molecule has 0 spiro atoms. The van der Waals surface area contributed by atoms with Crippen molar-refractivity contribution in [2.24, 2.45) is 11.7 Å². The number of aromatic nitrogens is 1. The first kappa shape index (κ1) is 18.2. The third kappa shape index (κ3) is 3.77.